The van der Waals surface area contributed by atoms with Crippen molar-refractivity contribution in [1.29, 1.82) is 0 Å². The Morgan fingerprint density at radius 1 is 1.33 bits per heavy atom. The van der Waals surface area contributed by atoms with Gasteiger partial charge in [0.25, 0.3) is 0 Å². The smallest absolute Gasteiger partial charge is 0.321 e. The van der Waals surface area contributed by atoms with E-state index in [0.717, 1.165) is 32.2 Å². The van der Waals surface area contributed by atoms with E-state index in [1.807, 2.05) is 4.90 Å². The van der Waals surface area contributed by atoms with Crippen LogP contribution in [0, 0.1) is 0 Å². The first kappa shape index (κ1) is 13.3. The quantitative estimate of drug-likeness (QED) is 0.653. The number of urea groups is 1. The molecular weight excluding hydrogens is 234 g/mol. The third kappa shape index (κ3) is 3.68. The average Bonchev–Trinajstić information content (AvgIpc) is 3.11. The topological polar surface area (TPSA) is 81.7 Å². The van der Waals surface area contributed by atoms with Crippen LogP contribution in [0.1, 0.15) is 32.6 Å². The molecule has 2 rings (SSSR count). The number of carbonyl (C=O) groups is 2. The molecule has 102 valence electrons. The predicted octanol–water partition coefficient (Wildman–Crippen LogP) is -0.180. The summed E-state index contributed by atoms with van der Waals surface area (Å²) in [6.45, 7) is 3.05. The first-order chi connectivity index (χ1) is 8.56. The fraction of sp³-hybridized carbons (Fsp3) is 0.833. The van der Waals surface area contributed by atoms with Crippen LogP contribution in [0.5, 0.6) is 0 Å². The van der Waals surface area contributed by atoms with Gasteiger partial charge in [0.2, 0.25) is 5.91 Å². The number of carbonyl (C=O) groups excluding carboxylic acids is 2. The van der Waals surface area contributed by atoms with Crippen LogP contribution in [0.3, 0.4) is 0 Å². The number of rotatable bonds is 3. The first-order valence-electron chi connectivity index (χ1n) is 6.59. The molecule has 0 radical (unpaired) electrons. The number of aliphatic hydroxyl groups is 1. The summed E-state index contributed by atoms with van der Waals surface area (Å²) >= 11 is 0. The minimum atomic E-state index is -0.410. The van der Waals surface area contributed by atoms with Gasteiger partial charge in [-0.1, -0.05) is 0 Å². The highest BCUT2D eigenvalue weighted by Crippen LogP contribution is 2.18. The van der Waals surface area contributed by atoms with Gasteiger partial charge in [-0.15, -0.1) is 0 Å². The van der Waals surface area contributed by atoms with E-state index in [1.54, 1.807) is 6.92 Å². The highest BCUT2D eigenvalue weighted by molar-refractivity contribution is 5.96. The van der Waals surface area contributed by atoms with Crippen LogP contribution in [0.4, 0.5) is 4.79 Å². The van der Waals surface area contributed by atoms with Crippen molar-refractivity contribution in [3.8, 4) is 0 Å². The third-order valence-corrected chi connectivity index (χ3v) is 3.50. The zero-order valence-corrected chi connectivity index (χ0v) is 10.7. The number of amides is 3. The number of hydrogen-bond acceptors (Lipinski definition) is 4. The van der Waals surface area contributed by atoms with Gasteiger partial charge in [-0.25, -0.2) is 4.79 Å². The zero-order valence-electron chi connectivity index (χ0n) is 10.7. The number of hydrogen-bond donors (Lipinski definition) is 3. The van der Waals surface area contributed by atoms with E-state index in [0.29, 0.717) is 6.54 Å². The van der Waals surface area contributed by atoms with Crippen LogP contribution in [0.2, 0.25) is 0 Å². The molecule has 3 amide bonds. The molecule has 0 aromatic rings. The molecule has 2 aliphatic rings. The van der Waals surface area contributed by atoms with Gasteiger partial charge >= 0.3 is 6.03 Å². The Morgan fingerprint density at radius 3 is 2.67 bits per heavy atom. The van der Waals surface area contributed by atoms with Crippen molar-refractivity contribution >= 4 is 11.9 Å². The largest absolute Gasteiger partial charge is 0.392 e. The summed E-state index contributed by atoms with van der Waals surface area (Å²) in [5.74, 6) is -0.303. The summed E-state index contributed by atoms with van der Waals surface area (Å²) < 4.78 is 0. The number of likely N-dealkylation sites (tertiary alicyclic amines) is 1. The molecule has 0 unspecified atom stereocenters. The molecule has 1 heterocycles. The molecule has 1 saturated heterocycles. The van der Waals surface area contributed by atoms with Gasteiger partial charge in [0.15, 0.2) is 0 Å². The van der Waals surface area contributed by atoms with Crippen molar-refractivity contribution in [2.45, 2.75) is 50.8 Å². The minimum absolute atomic E-state index is 0.241. The lowest BCUT2D eigenvalue weighted by Gasteiger charge is -2.33. The molecule has 6 heteroatoms. The number of imide groups is 1. The van der Waals surface area contributed by atoms with Crippen LogP contribution in [-0.2, 0) is 4.79 Å². The van der Waals surface area contributed by atoms with E-state index in [1.165, 1.54) is 0 Å². The minimum Gasteiger partial charge on any atom is -0.392 e. The van der Waals surface area contributed by atoms with Gasteiger partial charge in [0, 0.05) is 12.6 Å². The number of β-amino-alcohol motifs (C(OH)–C–C–N with tert-alkyl or cyclic N) is 1. The molecular formula is C12H21N3O3. The van der Waals surface area contributed by atoms with Gasteiger partial charge in [-0.05, 0) is 39.2 Å². The van der Waals surface area contributed by atoms with Crippen LogP contribution >= 0.6 is 0 Å². The average molecular weight is 255 g/mol. The van der Waals surface area contributed by atoms with E-state index in [4.69, 9.17) is 0 Å². The fourth-order valence-electron chi connectivity index (χ4n) is 2.17. The lowest BCUT2D eigenvalue weighted by molar-refractivity contribution is -0.125. The van der Waals surface area contributed by atoms with Gasteiger partial charge in [0.1, 0.15) is 0 Å². The SMILES string of the molecule is C[C@H](C(=O)NC(=O)NC1CC1)N1CCC[C@H](O)C1. The Bertz CT molecular complexity index is 331. The standard InChI is InChI=1S/C12H21N3O3/c1-8(15-6-2-3-10(16)7-15)11(17)14-12(18)13-9-4-5-9/h8-10,16H,2-7H2,1H3,(H2,13,14,17,18)/t8-,10+/m1/s1. The molecule has 2 atom stereocenters. The summed E-state index contributed by atoms with van der Waals surface area (Å²) in [5, 5.41) is 14.6. The van der Waals surface area contributed by atoms with E-state index in [9.17, 15) is 14.7 Å². The van der Waals surface area contributed by atoms with E-state index in [2.05, 4.69) is 10.6 Å². The molecule has 3 N–H and O–H groups in total. The van der Waals surface area contributed by atoms with Crippen LogP contribution < -0.4 is 10.6 Å². The Morgan fingerprint density at radius 2 is 2.06 bits per heavy atom. The molecule has 6 nitrogen and oxygen atoms in total. The summed E-state index contributed by atoms with van der Waals surface area (Å²) in [7, 11) is 0. The van der Waals surface area contributed by atoms with Crippen molar-refractivity contribution in [3.05, 3.63) is 0 Å². The fourth-order valence-corrected chi connectivity index (χ4v) is 2.17. The summed E-state index contributed by atoms with van der Waals surface area (Å²) in [6, 6.07) is -0.554. The van der Waals surface area contributed by atoms with Crippen molar-refractivity contribution in [2.24, 2.45) is 0 Å². The lowest BCUT2D eigenvalue weighted by Crippen LogP contribution is -2.53. The second-order valence-electron chi connectivity index (χ2n) is 5.20. The summed E-state index contributed by atoms with van der Waals surface area (Å²) in [4.78, 5) is 25.2. The molecule has 2 fully saturated rings. The normalized spacial score (nSPS) is 26.4. The monoisotopic (exact) mass is 255 g/mol. The van der Waals surface area contributed by atoms with Crippen molar-refractivity contribution in [3.63, 3.8) is 0 Å². The number of nitrogens with one attached hydrogen (secondary N) is 2. The maximum Gasteiger partial charge on any atom is 0.321 e. The molecule has 0 bridgehead atoms. The van der Waals surface area contributed by atoms with Gasteiger partial charge in [-0.2, -0.15) is 0 Å². The first-order valence-corrected chi connectivity index (χ1v) is 6.59. The van der Waals surface area contributed by atoms with Crippen molar-refractivity contribution < 1.29 is 14.7 Å². The summed E-state index contributed by atoms with van der Waals surface area (Å²) in [6.07, 6.45) is 3.29. The molecule has 0 spiro atoms. The second-order valence-corrected chi connectivity index (χ2v) is 5.20. The van der Waals surface area contributed by atoms with Crippen molar-refractivity contribution in [1.82, 2.24) is 15.5 Å². The Kier molecular flexibility index (Phi) is 4.19. The number of piperidine rings is 1. The van der Waals surface area contributed by atoms with Crippen molar-refractivity contribution in [2.75, 3.05) is 13.1 Å². The van der Waals surface area contributed by atoms with Crippen LogP contribution in [-0.4, -0.2) is 53.2 Å². The van der Waals surface area contributed by atoms with Gasteiger partial charge in [-0.3, -0.25) is 15.0 Å². The van der Waals surface area contributed by atoms with E-state index in [-0.39, 0.29) is 24.1 Å². The van der Waals surface area contributed by atoms with Gasteiger partial charge < -0.3 is 10.4 Å². The molecule has 0 aromatic carbocycles. The molecule has 1 aliphatic heterocycles. The third-order valence-electron chi connectivity index (χ3n) is 3.50. The second kappa shape index (κ2) is 5.67. The molecule has 1 saturated carbocycles. The number of nitrogens with zero attached hydrogens (tertiary/aromatic N) is 1. The Balaban J connectivity index is 1.77. The van der Waals surface area contributed by atoms with Crippen LogP contribution in [0.25, 0.3) is 0 Å². The lowest BCUT2D eigenvalue weighted by atomic mass is 10.1. The Hall–Kier alpha value is -1.14. The van der Waals surface area contributed by atoms with E-state index < -0.39 is 6.03 Å². The molecule has 0 aromatic heterocycles. The number of aliphatic hydroxyl groups excluding tert-OH is 1. The maximum atomic E-state index is 11.9. The Labute approximate surface area is 107 Å². The zero-order chi connectivity index (χ0) is 13.1. The maximum absolute atomic E-state index is 11.9. The predicted molar refractivity (Wildman–Crippen MR) is 66.0 cm³/mol. The van der Waals surface area contributed by atoms with Gasteiger partial charge in [0.05, 0.1) is 12.1 Å². The summed E-state index contributed by atoms with van der Waals surface area (Å²) in [5.41, 5.74) is 0. The van der Waals surface area contributed by atoms with E-state index >= 15 is 0 Å². The van der Waals surface area contributed by atoms with Crippen LogP contribution in [0.15, 0.2) is 0 Å². The highest BCUT2D eigenvalue weighted by Gasteiger charge is 2.29. The highest BCUT2D eigenvalue weighted by atomic mass is 16.3. The molecule has 1 aliphatic carbocycles. The molecule has 18 heavy (non-hydrogen) atoms.